The quantitative estimate of drug-likeness (QED) is 0.539. The van der Waals surface area contributed by atoms with Gasteiger partial charge in [-0.1, -0.05) is 45.7 Å². The molecule has 1 fully saturated rings. The average molecular weight is 531 g/mol. The molecule has 1 amide bonds. The highest BCUT2D eigenvalue weighted by molar-refractivity contribution is 9.10. The summed E-state index contributed by atoms with van der Waals surface area (Å²) < 4.78 is 33.8. The lowest BCUT2D eigenvalue weighted by atomic mass is 10.2. The molecule has 0 bridgehead atoms. The van der Waals surface area contributed by atoms with Gasteiger partial charge in [0.2, 0.25) is 15.9 Å². The third-order valence-corrected chi connectivity index (χ3v) is 7.63. The minimum absolute atomic E-state index is 0.00501. The molecule has 0 atom stereocenters. The van der Waals surface area contributed by atoms with E-state index in [1.807, 2.05) is 0 Å². The van der Waals surface area contributed by atoms with Crippen LogP contribution in [0.25, 0.3) is 0 Å². The molecule has 1 aliphatic rings. The smallest absolute Gasteiger partial charge is 0.243 e. The molecule has 2 aromatic carbocycles. The van der Waals surface area contributed by atoms with Crippen molar-refractivity contribution in [1.29, 1.82) is 0 Å². The van der Waals surface area contributed by atoms with E-state index in [-0.39, 0.29) is 23.9 Å². The maximum Gasteiger partial charge on any atom is 0.243 e. The number of hydrogen-bond acceptors (Lipinski definition) is 5. The second kappa shape index (κ2) is 11.4. The van der Waals surface area contributed by atoms with E-state index in [1.165, 1.54) is 12.1 Å². The lowest BCUT2D eigenvalue weighted by Crippen LogP contribution is -2.44. The molecule has 168 valence electrons. The van der Waals surface area contributed by atoms with E-state index in [0.717, 1.165) is 21.9 Å². The summed E-state index contributed by atoms with van der Waals surface area (Å²) in [5.74, 6) is -0.360. The van der Waals surface area contributed by atoms with Gasteiger partial charge in [-0.15, -0.1) is 0 Å². The highest BCUT2D eigenvalue weighted by atomic mass is 79.9. The van der Waals surface area contributed by atoms with Gasteiger partial charge in [0.15, 0.2) is 0 Å². The molecular weight excluding hydrogens is 506 g/mol. The van der Waals surface area contributed by atoms with Gasteiger partial charge in [-0.05, 0) is 35.9 Å². The summed E-state index contributed by atoms with van der Waals surface area (Å²) in [5.41, 5.74) is 0.631. The number of carbonyl (C=O) groups excluding carboxylic acids is 1. The standard InChI is InChI=1S/C21H25BrClN3O4S/c22-18-5-7-19(8-6-18)31(28,29)26(15-17-3-1-2-4-20(17)23)16-21(27)24-9-10-25-11-13-30-14-12-25/h1-8H,9-16H2,(H,24,27). The molecule has 0 aromatic heterocycles. The second-order valence-electron chi connectivity index (χ2n) is 7.12. The van der Waals surface area contributed by atoms with E-state index in [9.17, 15) is 13.2 Å². The van der Waals surface area contributed by atoms with Crippen molar-refractivity contribution < 1.29 is 17.9 Å². The molecule has 1 N–H and O–H groups in total. The Kier molecular flexibility index (Phi) is 8.88. The molecule has 0 aliphatic carbocycles. The molecule has 0 saturated carbocycles. The van der Waals surface area contributed by atoms with Crippen LogP contribution in [-0.2, 0) is 26.1 Å². The third kappa shape index (κ3) is 7.00. The summed E-state index contributed by atoms with van der Waals surface area (Å²) in [5, 5.41) is 3.28. The summed E-state index contributed by atoms with van der Waals surface area (Å²) in [6, 6.07) is 13.3. The monoisotopic (exact) mass is 529 g/mol. The maximum absolute atomic E-state index is 13.3. The van der Waals surface area contributed by atoms with Crippen molar-refractivity contribution in [1.82, 2.24) is 14.5 Å². The Morgan fingerprint density at radius 2 is 1.81 bits per heavy atom. The van der Waals surface area contributed by atoms with Crippen LogP contribution in [0.5, 0.6) is 0 Å². The zero-order chi connectivity index (χ0) is 22.3. The topological polar surface area (TPSA) is 79.0 Å². The largest absolute Gasteiger partial charge is 0.379 e. The average Bonchev–Trinajstić information content (AvgIpc) is 2.76. The number of sulfonamides is 1. The third-order valence-electron chi connectivity index (χ3n) is 4.93. The minimum atomic E-state index is -3.91. The Morgan fingerprint density at radius 3 is 2.48 bits per heavy atom. The Bertz CT molecular complexity index is 982. The molecule has 31 heavy (non-hydrogen) atoms. The molecule has 0 spiro atoms. The fourth-order valence-corrected chi connectivity index (χ4v) is 5.03. The van der Waals surface area contributed by atoms with Crippen LogP contribution in [0.2, 0.25) is 5.02 Å². The van der Waals surface area contributed by atoms with E-state index in [1.54, 1.807) is 36.4 Å². The van der Waals surface area contributed by atoms with Crippen LogP contribution < -0.4 is 5.32 Å². The molecule has 1 heterocycles. The summed E-state index contributed by atoms with van der Waals surface area (Å²) >= 11 is 9.56. The first-order chi connectivity index (χ1) is 14.9. The van der Waals surface area contributed by atoms with Crippen LogP contribution in [0.3, 0.4) is 0 Å². The Labute approximate surface area is 196 Å². The number of halogens is 2. The van der Waals surface area contributed by atoms with E-state index in [2.05, 4.69) is 26.1 Å². The molecule has 10 heteroatoms. The molecular formula is C21H25BrClN3O4S. The first kappa shape index (κ1) is 24.2. The number of amides is 1. The second-order valence-corrected chi connectivity index (χ2v) is 10.4. The fraction of sp³-hybridized carbons (Fsp3) is 0.381. The van der Waals surface area contributed by atoms with Crippen LogP contribution in [0, 0.1) is 0 Å². The van der Waals surface area contributed by atoms with Gasteiger partial charge in [0, 0.05) is 42.2 Å². The lowest BCUT2D eigenvalue weighted by Gasteiger charge is -2.27. The summed E-state index contributed by atoms with van der Waals surface area (Å²) in [7, 11) is -3.91. The number of rotatable bonds is 9. The molecule has 2 aromatic rings. The van der Waals surface area contributed by atoms with Crippen molar-refractivity contribution in [2.45, 2.75) is 11.4 Å². The summed E-state index contributed by atoms with van der Waals surface area (Å²) in [6.07, 6.45) is 0. The Morgan fingerprint density at radius 1 is 1.13 bits per heavy atom. The summed E-state index contributed by atoms with van der Waals surface area (Å²) in [4.78, 5) is 14.9. The number of morpholine rings is 1. The van der Waals surface area contributed by atoms with Crippen LogP contribution in [0.1, 0.15) is 5.56 Å². The van der Waals surface area contributed by atoms with Gasteiger partial charge in [-0.3, -0.25) is 9.69 Å². The lowest BCUT2D eigenvalue weighted by molar-refractivity contribution is -0.121. The minimum Gasteiger partial charge on any atom is -0.379 e. The van der Waals surface area contributed by atoms with Gasteiger partial charge in [0.1, 0.15) is 0 Å². The number of nitrogens with one attached hydrogen (secondary N) is 1. The van der Waals surface area contributed by atoms with Crippen molar-refractivity contribution in [2.75, 3.05) is 45.9 Å². The predicted molar refractivity (Wildman–Crippen MR) is 123 cm³/mol. The van der Waals surface area contributed by atoms with Crippen LogP contribution in [0.15, 0.2) is 57.9 Å². The van der Waals surface area contributed by atoms with E-state index < -0.39 is 10.0 Å². The van der Waals surface area contributed by atoms with Crippen molar-refractivity contribution in [3.8, 4) is 0 Å². The molecule has 1 aliphatic heterocycles. The number of carbonyl (C=O) groups is 1. The molecule has 0 unspecified atom stereocenters. The normalized spacial score (nSPS) is 15.2. The first-order valence-electron chi connectivity index (χ1n) is 9.92. The van der Waals surface area contributed by atoms with Crippen molar-refractivity contribution in [3.63, 3.8) is 0 Å². The predicted octanol–water partition coefficient (Wildman–Crippen LogP) is 2.74. The van der Waals surface area contributed by atoms with Crippen molar-refractivity contribution in [3.05, 3.63) is 63.6 Å². The van der Waals surface area contributed by atoms with E-state index in [0.29, 0.717) is 36.9 Å². The van der Waals surface area contributed by atoms with Gasteiger partial charge < -0.3 is 10.1 Å². The number of nitrogens with zero attached hydrogens (tertiary/aromatic N) is 2. The van der Waals surface area contributed by atoms with Gasteiger partial charge in [-0.2, -0.15) is 4.31 Å². The van der Waals surface area contributed by atoms with Crippen LogP contribution >= 0.6 is 27.5 Å². The maximum atomic E-state index is 13.3. The number of benzene rings is 2. The number of hydrogen-bond donors (Lipinski definition) is 1. The Balaban J connectivity index is 1.71. The van der Waals surface area contributed by atoms with Gasteiger partial charge in [-0.25, -0.2) is 8.42 Å². The van der Waals surface area contributed by atoms with E-state index in [4.69, 9.17) is 16.3 Å². The van der Waals surface area contributed by atoms with Gasteiger partial charge in [0.05, 0.1) is 24.7 Å². The van der Waals surface area contributed by atoms with Crippen LogP contribution in [0.4, 0.5) is 0 Å². The molecule has 3 rings (SSSR count). The zero-order valence-corrected chi connectivity index (χ0v) is 20.1. The SMILES string of the molecule is O=C(CN(Cc1ccccc1Cl)S(=O)(=O)c1ccc(Br)cc1)NCCN1CCOCC1. The fourth-order valence-electron chi connectivity index (χ4n) is 3.19. The zero-order valence-electron chi connectivity index (χ0n) is 17.0. The number of ether oxygens (including phenoxy) is 1. The molecule has 7 nitrogen and oxygen atoms in total. The van der Waals surface area contributed by atoms with Gasteiger partial charge >= 0.3 is 0 Å². The van der Waals surface area contributed by atoms with Crippen molar-refractivity contribution >= 4 is 43.5 Å². The molecule has 1 saturated heterocycles. The van der Waals surface area contributed by atoms with Crippen molar-refractivity contribution in [2.24, 2.45) is 0 Å². The van der Waals surface area contributed by atoms with Crippen LogP contribution in [-0.4, -0.2) is 69.5 Å². The summed E-state index contributed by atoms with van der Waals surface area (Å²) in [6.45, 7) is 3.85. The Hall–Kier alpha value is -1.49. The van der Waals surface area contributed by atoms with Gasteiger partial charge in [0.25, 0.3) is 0 Å². The highest BCUT2D eigenvalue weighted by Gasteiger charge is 2.27. The van der Waals surface area contributed by atoms with E-state index >= 15 is 0 Å². The first-order valence-corrected chi connectivity index (χ1v) is 12.5. The molecule has 0 radical (unpaired) electrons. The highest BCUT2D eigenvalue weighted by Crippen LogP contribution is 2.23.